The van der Waals surface area contributed by atoms with E-state index in [1.165, 1.54) is 30.3 Å². The van der Waals surface area contributed by atoms with Crippen molar-refractivity contribution in [2.75, 3.05) is 26.3 Å². The molecular formula is C24H19F3N2O3. The molecule has 0 aliphatic carbocycles. The Morgan fingerprint density at radius 1 is 0.938 bits per heavy atom. The molecular weight excluding hydrogens is 421 g/mol. The van der Waals surface area contributed by atoms with Gasteiger partial charge in [-0.05, 0) is 30.3 Å². The van der Waals surface area contributed by atoms with Gasteiger partial charge in [-0.15, -0.1) is 0 Å². The molecule has 1 saturated heterocycles. The molecule has 164 valence electrons. The third-order valence-corrected chi connectivity index (χ3v) is 5.20. The van der Waals surface area contributed by atoms with Gasteiger partial charge in [0.25, 0.3) is 5.91 Å². The van der Waals surface area contributed by atoms with Crippen molar-refractivity contribution in [3.63, 3.8) is 0 Å². The number of ether oxygens (including phenoxy) is 1. The van der Waals surface area contributed by atoms with Crippen molar-refractivity contribution >= 4 is 28.2 Å². The second-order valence-corrected chi connectivity index (χ2v) is 7.32. The highest BCUT2D eigenvalue weighted by atomic mass is 19.4. The lowest BCUT2D eigenvalue weighted by atomic mass is 10.0. The molecule has 5 nitrogen and oxygen atoms in total. The molecule has 0 spiro atoms. The maximum absolute atomic E-state index is 13.7. The Kier molecular flexibility index (Phi) is 6.05. The molecule has 1 fully saturated rings. The molecule has 0 radical (unpaired) electrons. The van der Waals surface area contributed by atoms with Gasteiger partial charge in [0.05, 0.1) is 24.3 Å². The lowest BCUT2D eigenvalue weighted by Crippen LogP contribution is -2.40. The predicted molar refractivity (Wildman–Crippen MR) is 113 cm³/mol. The first-order valence-electron chi connectivity index (χ1n) is 9.98. The van der Waals surface area contributed by atoms with Crippen molar-refractivity contribution < 1.29 is 27.5 Å². The monoisotopic (exact) mass is 440 g/mol. The number of aromatic nitrogens is 1. The molecule has 3 aromatic rings. The number of ketones is 1. The molecule has 1 aromatic heterocycles. The number of para-hydroxylation sites is 1. The SMILES string of the molecule is O=C(C=C(c1cnc2ccccc2c1)C(F)(F)F)c1ccc(C(=O)N2CCOCC2)cc1. The second-order valence-electron chi connectivity index (χ2n) is 7.32. The molecule has 2 aromatic carbocycles. The number of fused-ring (bicyclic) bond motifs is 1. The first-order chi connectivity index (χ1) is 15.3. The van der Waals surface area contributed by atoms with Gasteiger partial charge in [0.1, 0.15) is 0 Å². The Morgan fingerprint density at radius 2 is 1.59 bits per heavy atom. The second kappa shape index (κ2) is 8.92. The smallest absolute Gasteiger partial charge is 0.378 e. The number of hydrogen-bond donors (Lipinski definition) is 0. The molecule has 0 atom stereocenters. The first-order valence-corrected chi connectivity index (χ1v) is 9.98. The quantitative estimate of drug-likeness (QED) is 0.442. The van der Waals surface area contributed by atoms with Crippen LogP contribution in [0.3, 0.4) is 0 Å². The van der Waals surface area contributed by atoms with Gasteiger partial charge in [0.15, 0.2) is 5.78 Å². The van der Waals surface area contributed by atoms with Crippen LogP contribution in [-0.2, 0) is 4.74 Å². The Morgan fingerprint density at radius 3 is 2.28 bits per heavy atom. The molecule has 0 N–H and O–H groups in total. The van der Waals surface area contributed by atoms with E-state index in [-0.39, 0.29) is 17.0 Å². The Bertz CT molecular complexity index is 1180. The van der Waals surface area contributed by atoms with Crippen LogP contribution in [0.4, 0.5) is 13.2 Å². The number of halogens is 3. The van der Waals surface area contributed by atoms with E-state index in [2.05, 4.69) is 4.98 Å². The molecule has 0 bridgehead atoms. The van der Waals surface area contributed by atoms with Gasteiger partial charge in [-0.25, -0.2) is 0 Å². The summed E-state index contributed by atoms with van der Waals surface area (Å²) in [5.41, 5.74) is -0.288. The van der Waals surface area contributed by atoms with Crippen LogP contribution in [0.15, 0.2) is 66.9 Å². The predicted octanol–water partition coefficient (Wildman–Crippen LogP) is 4.54. The molecule has 0 saturated carbocycles. The molecule has 1 amide bonds. The van der Waals surface area contributed by atoms with E-state index in [4.69, 9.17) is 4.74 Å². The zero-order valence-electron chi connectivity index (χ0n) is 16.9. The molecule has 8 heteroatoms. The Balaban J connectivity index is 1.60. The number of rotatable bonds is 4. The fourth-order valence-corrected chi connectivity index (χ4v) is 3.49. The average Bonchev–Trinajstić information content (AvgIpc) is 2.81. The third kappa shape index (κ3) is 4.70. The van der Waals surface area contributed by atoms with Gasteiger partial charge >= 0.3 is 6.18 Å². The molecule has 2 heterocycles. The molecule has 1 aliphatic rings. The number of benzene rings is 2. The van der Waals surface area contributed by atoms with Gasteiger partial charge in [-0.3, -0.25) is 14.6 Å². The number of amides is 1. The van der Waals surface area contributed by atoms with E-state index in [0.29, 0.717) is 48.8 Å². The van der Waals surface area contributed by atoms with Crippen LogP contribution in [0.2, 0.25) is 0 Å². The zero-order valence-corrected chi connectivity index (χ0v) is 16.9. The minimum Gasteiger partial charge on any atom is -0.378 e. The highest BCUT2D eigenvalue weighted by molar-refractivity contribution is 6.09. The van der Waals surface area contributed by atoms with E-state index < -0.39 is 17.5 Å². The van der Waals surface area contributed by atoms with Crippen molar-refractivity contribution in [2.45, 2.75) is 6.18 Å². The lowest BCUT2D eigenvalue weighted by Gasteiger charge is -2.26. The number of carbonyl (C=O) groups is 2. The lowest BCUT2D eigenvalue weighted by molar-refractivity contribution is -0.0690. The summed E-state index contributed by atoms with van der Waals surface area (Å²) in [7, 11) is 0. The largest absolute Gasteiger partial charge is 0.417 e. The highest BCUT2D eigenvalue weighted by Gasteiger charge is 2.35. The first kappa shape index (κ1) is 21.7. The molecule has 1 aliphatic heterocycles. The Hall–Kier alpha value is -3.52. The van der Waals surface area contributed by atoms with Crippen molar-refractivity contribution in [1.82, 2.24) is 9.88 Å². The highest BCUT2D eigenvalue weighted by Crippen LogP contribution is 2.35. The Labute approximate surface area is 182 Å². The van der Waals surface area contributed by atoms with Crippen LogP contribution in [0.25, 0.3) is 16.5 Å². The number of allylic oxidation sites excluding steroid dienone is 2. The number of morpholine rings is 1. The van der Waals surface area contributed by atoms with Crippen LogP contribution >= 0.6 is 0 Å². The van der Waals surface area contributed by atoms with Gasteiger partial charge in [0, 0.05) is 41.4 Å². The van der Waals surface area contributed by atoms with Gasteiger partial charge in [-0.2, -0.15) is 13.2 Å². The minimum absolute atomic E-state index is 0.0547. The molecule has 0 unspecified atom stereocenters. The fraction of sp³-hybridized carbons (Fsp3) is 0.208. The number of nitrogens with zero attached hydrogens (tertiary/aromatic N) is 2. The van der Waals surface area contributed by atoms with E-state index >= 15 is 0 Å². The van der Waals surface area contributed by atoms with Crippen molar-refractivity contribution in [1.29, 1.82) is 0 Å². The van der Waals surface area contributed by atoms with Crippen LogP contribution < -0.4 is 0 Å². The topological polar surface area (TPSA) is 59.5 Å². The summed E-state index contributed by atoms with van der Waals surface area (Å²) in [5.74, 6) is -1.02. The summed E-state index contributed by atoms with van der Waals surface area (Å²) in [4.78, 5) is 30.8. The maximum atomic E-state index is 13.7. The van der Waals surface area contributed by atoms with Crippen molar-refractivity contribution in [2.24, 2.45) is 0 Å². The zero-order chi connectivity index (χ0) is 22.7. The van der Waals surface area contributed by atoms with E-state index in [1.54, 1.807) is 29.2 Å². The number of pyridine rings is 1. The van der Waals surface area contributed by atoms with E-state index in [0.717, 1.165) is 6.20 Å². The fourth-order valence-electron chi connectivity index (χ4n) is 3.49. The van der Waals surface area contributed by atoms with Crippen LogP contribution in [-0.4, -0.2) is 54.1 Å². The van der Waals surface area contributed by atoms with E-state index in [9.17, 15) is 22.8 Å². The molecule has 4 rings (SSSR count). The maximum Gasteiger partial charge on any atom is 0.417 e. The van der Waals surface area contributed by atoms with Gasteiger partial charge in [0.2, 0.25) is 0 Å². The summed E-state index contributed by atoms with van der Waals surface area (Å²) in [6.45, 7) is 1.85. The van der Waals surface area contributed by atoms with Crippen molar-refractivity contribution in [3.05, 3.63) is 83.6 Å². The van der Waals surface area contributed by atoms with Gasteiger partial charge in [-0.1, -0.05) is 30.3 Å². The summed E-state index contributed by atoms with van der Waals surface area (Å²) in [6.07, 6.45) is -3.06. The third-order valence-electron chi connectivity index (χ3n) is 5.20. The van der Waals surface area contributed by atoms with Crippen LogP contribution in [0, 0.1) is 0 Å². The minimum atomic E-state index is -4.74. The van der Waals surface area contributed by atoms with Crippen LogP contribution in [0.5, 0.6) is 0 Å². The number of alkyl halides is 3. The number of carbonyl (C=O) groups excluding carboxylic acids is 2. The molecule has 32 heavy (non-hydrogen) atoms. The van der Waals surface area contributed by atoms with Crippen molar-refractivity contribution in [3.8, 4) is 0 Å². The van der Waals surface area contributed by atoms with Gasteiger partial charge < -0.3 is 9.64 Å². The normalized spacial score (nSPS) is 15.1. The van der Waals surface area contributed by atoms with Crippen LogP contribution in [0.1, 0.15) is 26.3 Å². The average molecular weight is 440 g/mol. The van der Waals surface area contributed by atoms with E-state index in [1.807, 2.05) is 0 Å². The summed E-state index contributed by atoms with van der Waals surface area (Å²) in [6, 6.07) is 13.8. The summed E-state index contributed by atoms with van der Waals surface area (Å²) < 4.78 is 46.5. The number of hydrogen-bond acceptors (Lipinski definition) is 4. The standard InChI is InChI=1S/C24H19F3N2O3/c25-24(26,27)20(19-13-18-3-1-2-4-21(18)28-15-19)14-22(30)16-5-7-17(8-6-16)23(31)29-9-11-32-12-10-29/h1-8,13-15H,9-12H2. The summed E-state index contributed by atoms with van der Waals surface area (Å²) >= 11 is 0. The summed E-state index contributed by atoms with van der Waals surface area (Å²) in [5, 5.41) is 0.540.